The number of fused-ring (bicyclic) bond motifs is 1. The Morgan fingerprint density at radius 1 is 1.43 bits per heavy atom. The van der Waals surface area contributed by atoms with Crippen molar-refractivity contribution in [1.82, 2.24) is 15.2 Å². The molecule has 2 N–H and O–H groups in total. The second kappa shape index (κ2) is 8.43. The molecule has 0 radical (unpaired) electrons. The van der Waals surface area contributed by atoms with Crippen LogP contribution in [0.2, 0.25) is 0 Å². The molecule has 4 heterocycles. The average molecular weight is 385 g/mol. The molecule has 3 aliphatic rings. The minimum absolute atomic E-state index is 0.325. The van der Waals surface area contributed by atoms with Crippen LogP contribution in [0.3, 0.4) is 0 Å². The largest absolute Gasteiger partial charge is 0.493 e. The molecule has 0 saturated carbocycles. The summed E-state index contributed by atoms with van der Waals surface area (Å²) in [7, 11) is 0. The standard InChI is InChI=1S/C22H32N4O2/c1-15-9-20(10-16(2)25-15)28-14-18-5-4-7-26(13-18)17(3)19-11-21-22(24-12-19)23-6-8-27-21/h9-12,15,17-18,25H,4-8,13-14H2,1-3H3,(H,23,24)/t15?,17?,18-/m0/s1. The highest BCUT2D eigenvalue weighted by atomic mass is 16.5. The maximum absolute atomic E-state index is 6.15. The van der Waals surface area contributed by atoms with Crippen LogP contribution < -0.4 is 15.4 Å². The van der Waals surface area contributed by atoms with Gasteiger partial charge in [0.2, 0.25) is 0 Å². The van der Waals surface area contributed by atoms with Gasteiger partial charge in [-0.2, -0.15) is 0 Å². The van der Waals surface area contributed by atoms with Crippen LogP contribution in [0.4, 0.5) is 5.82 Å². The van der Waals surface area contributed by atoms with Crippen LogP contribution in [-0.2, 0) is 4.74 Å². The molecule has 0 spiro atoms. The van der Waals surface area contributed by atoms with E-state index >= 15 is 0 Å². The maximum atomic E-state index is 6.15. The van der Waals surface area contributed by atoms with Crippen molar-refractivity contribution in [2.45, 2.75) is 45.7 Å². The van der Waals surface area contributed by atoms with Gasteiger partial charge in [-0.3, -0.25) is 4.90 Å². The summed E-state index contributed by atoms with van der Waals surface area (Å²) in [5, 5.41) is 6.67. The lowest BCUT2D eigenvalue weighted by atomic mass is 9.96. The third-order valence-corrected chi connectivity index (χ3v) is 5.82. The van der Waals surface area contributed by atoms with E-state index in [1.54, 1.807) is 0 Å². The zero-order chi connectivity index (χ0) is 19.5. The smallest absolute Gasteiger partial charge is 0.168 e. The number of piperidine rings is 1. The summed E-state index contributed by atoms with van der Waals surface area (Å²) in [6, 6.07) is 2.80. The van der Waals surface area contributed by atoms with E-state index in [2.05, 4.69) is 59.5 Å². The van der Waals surface area contributed by atoms with Crippen LogP contribution in [0.5, 0.6) is 5.75 Å². The number of pyridine rings is 1. The molecule has 0 amide bonds. The first kappa shape index (κ1) is 19.1. The number of aromatic nitrogens is 1. The first-order chi connectivity index (χ1) is 13.6. The SMILES string of the molecule is CC1=CC(OC[C@H]2CCCN(C(C)c3cnc4c(c3)OCCN4)C2)=CC(C)N1. The fraction of sp³-hybridized carbons (Fsp3) is 0.591. The number of hydrogen-bond acceptors (Lipinski definition) is 6. The second-order valence-electron chi connectivity index (χ2n) is 8.21. The number of anilines is 1. The molecule has 0 bridgehead atoms. The third-order valence-electron chi connectivity index (χ3n) is 5.82. The lowest BCUT2D eigenvalue weighted by molar-refractivity contribution is 0.0794. The predicted octanol–water partition coefficient (Wildman–Crippen LogP) is 3.45. The van der Waals surface area contributed by atoms with E-state index in [9.17, 15) is 0 Å². The van der Waals surface area contributed by atoms with Crippen LogP contribution in [0.25, 0.3) is 0 Å². The highest BCUT2D eigenvalue weighted by Gasteiger charge is 2.26. The van der Waals surface area contributed by atoms with Crippen LogP contribution in [0.1, 0.15) is 45.2 Å². The predicted molar refractivity (Wildman–Crippen MR) is 111 cm³/mol. The first-order valence-electron chi connectivity index (χ1n) is 10.5. The van der Waals surface area contributed by atoms with E-state index in [0.717, 1.165) is 43.6 Å². The lowest BCUT2D eigenvalue weighted by Crippen LogP contribution is -2.39. The number of nitrogens with zero attached hydrogens (tertiary/aromatic N) is 2. The molecule has 28 heavy (non-hydrogen) atoms. The normalized spacial score (nSPS) is 26.0. The van der Waals surface area contributed by atoms with Crippen molar-refractivity contribution in [1.29, 1.82) is 0 Å². The van der Waals surface area contributed by atoms with Crippen molar-refractivity contribution < 1.29 is 9.47 Å². The molecule has 2 unspecified atom stereocenters. The molecule has 6 heteroatoms. The van der Waals surface area contributed by atoms with E-state index in [0.29, 0.717) is 24.6 Å². The molecule has 1 aromatic rings. The fourth-order valence-electron chi connectivity index (χ4n) is 4.31. The van der Waals surface area contributed by atoms with Gasteiger partial charge in [-0.25, -0.2) is 4.98 Å². The Morgan fingerprint density at radius 3 is 3.18 bits per heavy atom. The van der Waals surface area contributed by atoms with Gasteiger partial charge < -0.3 is 20.1 Å². The summed E-state index contributed by atoms with van der Waals surface area (Å²) in [5.74, 6) is 3.29. The van der Waals surface area contributed by atoms with Crippen molar-refractivity contribution in [3.63, 3.8) is 0 Å². The minimum Gasteiger partial charge on any atom is -0.493 e. The summed E-state index contributed by atoms with van der Waals surface area (Å²) >= 11 is 0. The van der Waals surface area contributed by atoms with Gasteiger partial charge in [0.05, 0.1) is 13.2 Å². The second-order valence-corrected chi connectivity index (χ2v) is 8.21. The topological polar surface area (TPSA) is 58.7 Å². The molecule has 1 aromatic heterocycles. The van der Waals surface area contributed by atoms with Gasteiger partial charge in [-0.05, 0) is 63.9 Å². The quantitative estimate of drug-likeness (QED) is 0.811. The number of allylic oxidation sites excluding steroid dienone is 2. The van der Waals surface area contributed by atoms with Gasteiger partial charge in [-0.1, -0.05) is 0 Å². The van der Waals surface area contributed by atoms with E-state index in [1.165, 1.54) is 24.1 Å². The van der Waals surface area contributed by atoms with Gasteiger partial charge in [0.25, 0.3) is 0 Å². The molecule has 6 nitrogen and oxygen atoms in total. The Labute approximate surface area is 168 Å². The highest BCUT2D eigenvalue weighted by molar-refractivity contribution is 5.52. The Balaban J connectivity index is 1.35. The summed E-state index contributed by atoms with van der Waals surface area (Å²) in [4.78, 5) is 7.11. The molecule has 3 aliphatic heterocycles. The lowest BCUT2D eigenvalue weighted by Gasteiger charge is -2.37. The number of hydrogen-bond donors (Lipinski definition) is 2. The molecular formula is C22H32N4O2. The molecule has 152 valence electrons. The van der Waals surface area contributed by atoms with E-state index in [4.69, 9.17) is 9.47 Å². The summed E-state index contributed by atoms with van der Waals surface area (Å²) < 4.78 is 11.9. The third kappa shape index (κ3) is 4.43. The summed E-state index contributed by atoms with van der Waals surface area (Å²) in [6.45, 7) is 11.0. The summed E-state index contributed by atoms with van der Waals surface area (Å²) in [5.41, 5.74) is 2.39. The van der Waals surface area contributed by atoms with Crippen molar-refractivity contribution in [2.24, 2.45) is 5.92 Å². The van der Waals surface area contributed by atoms with Crippen LogP contribution >= 0.6 is 0 Å². The maximum Gasteiger partial charge on any atom is 0.168 e. The van der Waals surface area contributed by atoms with Gasteiger partial charge >= 0.3 is 0 Å². The van der Waals surface area contributed by atoms with Crippen molar-refractivity contribution in [2.75, 3.05) is 38.2 Å². The average Bonchev–Trinajstić information content (AvgIpc) is 2.71. The van der Waals surface area contributed by atoms with Crippen LogP contribution in [-0.4, -0.2) is 48.8 Å². The minimum atomic E-state index is 0.325. The van der Waals surface area contributed by atoms with Crippen LogP contribution in [0, 0.1) is 5.92 Å². The Bertz CT molecular complexity index is 761. The number of likely N-dealkylation sites (tertiary alicyclic amines) is 1. The zero-order valence-corrected chi connectivity index (χ0v) is 17.2. The number of ether oxygens (including phenoxy) is 2. The first-order valence-corrected chi connectivity index (χ1v) is 10.5. The zero-order valence-electron chi connectivity index (χ0n) is 17.2. The van der Waals surface area contributed by atoms with E-state index in [1.807, 2.05) is 6.20 Å². The van der Waals surface area contributed by atoms with Crippen molar-refractivity contribution in [3.8, 4) is 5.75 Å². The summed E-state index contributed by atoms with van der Waals surface area (Å²) in [6.07, 6.45) is 8.67. The van der Waals surface area contributed by atoms with Crippen molar-refractivity contribution in [3.05, 3.63) is 41.4 Å². The molecule has 4 rings (SSSR count). The Kier molecular flexibility index (Phi) is 5.76. The van der Waals surface area contributed by atoms with Crippen molar-refractivity contribution >= 4 is 5.82 Å². The molecule has 0 aromatic carbocycles. The fourth-order valence-corrected chi connectivity index (χ4v) is 4.31. The van der Waals surface area contributed by atoms with Gasteiger partial charge in [0, 0.05) is 36.4 Å². The molecule has 1 saturated heterocycles. The van der Waals surface area contributed by atoms with E-state index < -0.39 is 0 Å². The molecule has 3 atom stereocenters. The van der Waals surface area contributed by atoms with E-state index in [-0.39, 0.29) is 0 Å². The number of dihydropyridines is 1. The van der Waals surface area contributed by atoms with Gasteiger partial charge in [-0.15, -0.1) is 0 Å². The Hall–Kier alpha value is -2.21. The molecule has 1 fully saturated rings. The Morgan fingerprint density at radius 2 is 2.32 bits per heavy atom. The molecule has 0 aliphatic carbocycles. The van der Waals surface area contributed by atoms with Gasteiger partial charge in [0.15, 0.2) is 11.6 Å². The van der Waals surface area contributed by atoms with Gasteiger partial charge in [0.1, 0.15) is 12.4 Å². The number of rotatable bonds is 5. The monoisotopic (exact) mass is 384 g/mol. The highest BCUT2D eigenvalue weighted by Crippen LogP contribution is 2.32. The molecular weight excluding hydrogens is 352 g/mol. The number of nitrogens with one attached hydrogen (secondary N) is 2. The van der Waals surface area contributed by atoms with Crippen LogP contribution in [0.15, 0.2) is 35.9 Å².